The molecule has 0 aliphatic heterocycles. The molecule has 0 unspecified atom stereocenters. The lowest BCUT2D eigenvalue weighted by Gasteiger charge is -2.10. The zero-order valence-electron chi connectivity index (χ0n) is 17.3. The maximum Gasteiger partial charge on any atom is 0.300 e. The second-order valence-corrected chi connectivity index (χ2v) is 9.86. The van der Waals surface area contributed by atoms with Gasteiger partial charge < -0.3 is 5.11 Å². The van der Waals surface area contributed by atoms with Gasteiger partial charge in [-0.1, -0.05) is 12.1 Å². The summed E-state index contributed by atoms with van der Waals surface area (Å²) in [6.07, 6.45) is 3.28. The van der Waals surface area contributed by atoms with Gasteiger partial charge in [0, 0.05) is 35.6 Å². The Balaban J connectivity index is 0.000000668. The fraction of sp³-hybridized carbons (Fsp3) is 0.130. The molecule has 0 saturated heterocycles. The van der Waals surface area contributed by atoms with E-state index in [1.165, 1.54) is 11.3 Å². The van der Waals surface area contributed by atoms with Crippen LogP contribution in [0.2, 0.25) is 0 Å². The average Bonchev–Trinajstić information content (AvgIpc) is 3.25. The quantitative estimate of drug-likeness (QED) is 0.467. The summed E-state index contributed by atoms with van der Waals surface area (Å²) in [6.45, 7) is 3.02. The van der Waals surface area contributed by atoms with Crippen LogP contribution >= 0.6 is 11.3 Å². The number of carboxylic acids is 1. The third-order valence-corrected chi connectivity index (χ3v) is 7.09. The Bertz CT molecular complexity index is 1420. The number of aryl methyl sites for hydroxylation is 1. The SMILES string of the molecule is CC(=O)O.Cc1cc(C#N)ccc1-c1nccc2cc(S(=O)(=O)Cc3nccs3)ccc12. The van der Waals surface area contributed by atoms with Gasteiger partial charge >= 0.3 is 0 Å². The molecule has 4 aromatic rings. The number of carboxylic acid groups (broad SMARTS) is 1. The minimum absolute atomic E-state index is 0.108. The van der Waals surface area contributed by atoms with Crippen molar-refractivity contribution >= 4 is 37.9 Å². The summed E-state index contributed by atoms with van der Waals surface area (Å²) in [6, 6.07) is 14.5. The van der Waals surface area contributed by atoms with Crippen molar-refractivity contribution in [3.8, 4) is 17.3 Å². The molecule has 4 rings (SSSR count). The van der Waals surface area contributed by atoms with Crippen molar-refractivity contribution in [1.82, 2.24) is 9.97 Å². The Hall–Kier alpha value is -3.61. The topological polar surface area (TPSA) is 121 Å². The summed E-state index contributed by atoms with van der Waals surface area (Å²) in [7, 11) is -3.48. The number of nitrogens with zero attached hydrogens (tertiary/aromatic N) is 3. The first kappa shape index (κ1) is 23.1. The first-order valence-corrected chi connectivity index (χ1v) is 11.9. The smallest absolute Gasteiger partial charge is 0.300 e. The largest absolute Gasteiger partial charge is 0.481 e. The Labute approximate surface area is 189 Å². The average molecular weight is 466 g/mol. The van der Waals surface area contributed by atoms with Crippen molar-refractivity contribution in [3.63, 3.8) is 0 Å². The number of aliphatic carboxylic acids is 1. The van der Waals surface area contributed by atoms with Crippen LogP contribution in [0.25, 0.3) is 22.0 Å². The number of sulfone groups is 1. The van der Waals surface area contributed by atoms with Gasteiger partial charge in [-0.05, 0) is 48.2 Å². The summed E-state index contributed by atoms with van der Waals surface area (Å²) >= 11 is 1.33. The molecule has 0 aliphatic rings. The molecule has 9 heteroatoms. The molecular formula is C23H19N3O4S2. The fourth-order valence-electron chi connectivity index (χ4n) is 3.13. The predicted octanol–water partition coefficient (Wildman–Crippen LogP) is 4.60. The second-order valence-electron chi connectivity index (χ2n) is 6.89. The van der Waals surface area contributed by atoms with Crippen LogP contribution in [0.5, 0.6) is 0 Å². The molecule has 2 heterocycles. The molecular weight excluding hydrogens is 446 g/mol. The van der Waals surface area contributed by atoms with E-state index in [1.54, 1.807) is 48.1 Å². The maximum atomic E-state index is 12.7. The number of hydrogen-bond acceptors (Lipinski definition) is 7. The molecule has 0 saturated carbocycles. The van der Waals surface area contributed by atoms with Gasteiger partial charge in [-0.2, -0.15) is 5.26 Å². The molecule has 162 valence electrons. The first-order chi connectivity index (χ1) is 15.2. The molecule has 2 aromatic heterocycles. The summed E-state index contributed by atoms with van der Waals surface area (Å²) in [5.41, 5.74) is 3.22. The molecule has 0 fully saturated rings. The summed E-state index contributed by atoms with van der Waals surface area (Å²) in [5, 5.41) is 20.5. The van der Waals surface area contributed by atoms with Crippen LogP contribution in [-0.2, 0) is 20.4 Å². The zero-order valence-corrected chi connectivity index (χ0v) is 18.9. The van der Waals surface area contributed by atoms with E-state index in [9.17, 15) is 8.42 Å². The molecule has 0 amide bonds. The summed E-state index contributed by atoms with van der Waals surface area (Å²) in [4.78, 5) is 17.8. The number of aromatic nitrogens is 2. The highest BCUT2D eigenvalue weighted by Crippen LogP contribution is 2.31. The number of rotatable bonds is 4. The first-order valence-electron chi connectivity index (χ1n) is 9.42. The highest BCUT2D eigenvalue weighted by atomic mass is 32.2. The second kappa shape index (κ2) is 9.68. The number of pyridine rings is 1. The van der Waals surface area contributed by atoms with Crippen molar-refractivity contribution in [2.45, 2.75) is 24.5 Å². The highest BCUT2D eigenvalue weighted by Gasteiger charge is 2.18. The van der Waals surface area contributed by atoms with Crippen molar-refractivity contribution in [2.75, 3.05) is 0 Å². The van der Waals surface area contributed by atoms with E-state index in [2.05, 4.69) is 16.0 Å². The molecule has 7 nitrogen and oxygen atoms in total. The van der Waals surface area contributed by atoms with Gasteiger partial charge in [0.25, 0.3) is 5.97 Å². The van der Waals surface area contributed by atoms with Gasteiger partial charge in [0.15, 0.2) is 9.84 Å². The lowest BCUT2D eigenvalue weighted by atomic mass is 9.98. The molecule has 0 atom stereocenters. The van der Waals surface area contributed by atoms with E-state index < -0.39 is 15.8 Å². The summed E-state index contributed by atoms with van der Waals surface area (Å²) < 4.78 is 25.5. The van der Waals surface area contributed by atoms with E-state index in [4.69, 9.17) is 15.2 Å². The monoisotopic (exact) mass is 465 g/mol. The Morgan fingerprint density at radius 3 is 2.50 bits per heavy atom. The van der Waals surface area contributed by atoms with Crippen molar-refractivity contribution in [3.05, 3.63) is 76.4 Å². The summed E-state index contributed by atoms with van der Waals surface area (Å²) in [5.74, 6) is -0.942. The predicted molar refractivity (Wildman–Crippen MR) is 123 cm³/mol. The van der Waals surface area contributed by atoms with Crippen LogP contribution in [0.4, 0.5) is 0 Å². The highest BCUT2D eigenvalue weighted by molar-refractivity contribution is 7.90. The standard InChI is InChI=1S/C21H15N3O2S2.C2H4O2/c1-14-10-15(12-22)2-4-18(14)21-19-5-3-17(11-16(19)6-7-24-21)28(25,26)13-20-23-8-9-27-20;1-2(3)4/h2-11H,13H2,1H3;1H3,(H,3,4). The number of nitriles is 1. The molecule has 2 aromatic carbocycles. The maximum absolute atomic E-state index is 12.7. The van der Waals surface area contributed by atoms with Crippen molar-refractivity contribution in [2.24, 2.45) is 0 Å². The van der Waals surface area contributed by atoms with Crippen LogP contribution < -0.4 is 0 Å². The van der Waals surface area contributed by atoms with Crippen LogP contribution in [0.3, 0.4) is 0 Å². The van der Waals surface area contributed by atoms with E-state index in [-0.39, 0.29) is 10.6 Å². The van der Waals surface area contributed by atoms with E-state index in [0.29, 0.717) is 10.6 Å². The van der Waals surface area contributed by atoms with Gasteiger partial charge in [-0.15, -0.1) is 11.3 Å². The van der Waals surface area contributed by atoms with Crippen molar-refractivity contribution in [1.29, 1.82) is 5.26 Å². The zero-order chi connectivity index (χ0) is 23.3. The number of carbonyl (C=O) groups is 1. The van der Waals surface area contributed by atoms with Crippen LogP contribution in [0.1, 0.15) is 23.1 Å². The van der Waals surface area contributed by atoms with E-state index >= 15 is 0 Å². The molecule has 1 N–H and O–H groups in total. The van der Waals surface area contributed by atoms with E-state index in [1.807, 2.05) is 19.1 Å². The lowest BCUT2D eigenvalue weighted by molar-refractivity contribution is -0.134. The minimum Gasteiger partial charge on any atom is -0.481 e. The third kappa shape index (κ3) is 5.35. The van der Waals surface area contributed by atoms with Gasteiger partial charge in [-0.3, -0.25) is 9.78 Å². The molecule has 0 spiro atoms. The number of thiazole rings is 1. The van der Waals surface area contributed by atoms with Crippen LogP contribution in [0, 0.1) is 18.3 Å². The normalized spacial score (nSPS) is 10.8. The number of hydrogen-bond donors (Lipinski definition) is 1. The fourth-order valence-corrected chi connectivity index (χ4v) is 5.42. The van der Waals surface area contributed by atoms with Gasteiger partial charge in [0.1, 0.15) is 10.8 Å². The van der Waals surface area contributed by atoms with Crippen molar-refractivity contribution < 1.29 is 18.3 Å². The molecule has 0 aliphatic carbocycles. The van der Waals surface area contributed by atoms with Gasteiger partial charge in [0.2, 0.25) is 0 Å². The molecule has 0 radical (unpaired) electrons. The molecule has 0 bridgehead atoms. The van der Waals surface area contributed by atoms with Gasteiger partial charge in [-0.25, -0.2) is 13.4 Å². The van der Waals surface area contributed by atoms with Crippen LogP contribution in [0.15, 0.2) is 65.1 Å². The Kier molecular flexibility index (Phi) is 6.98. The Morgan fingerprint density at radius 2 is 1.88 bits per heavy atom. The molecule has 32 heavy (non-hydrogen) atoms. The van der Waals surface area contributed by atoms with Gasteiger partial charge in [0.05, 0.1) is 22.2 Å². The third-order valence-electron chi connectivity index (χ3n) is 4.50. The minimum atomic E-state index is -3.48. The number of fused-ring (bicyclic) bond motifs is 1. The van der Waals surface area contributed by atoms with Crippen LogP contribution in [-0.4, -0.2) is 29.5 Å². The Morgan fingerprint density at radius 1 is 1.12 bits per heavy atom. The van der Waals surface area contributed by atoms with E-state index in [0.717, 1.165) is 34.5 Å². The number of benzene rings is 2. The lowest BCUT2D eigenvalue weighted by Crippen LogP contribution is -2.04.